The summed E-state index contributed by atoms with van der Waals surface area (Å²) in [5, 5.41) is 0. The zero-order chi connectivity index (χ0) is 8.36. The topological polar surface area (TPSA) is 30.8 Å². The van der Waals surface area contributed by atoms with Gasteiger partial charge in [0.25, 0.3) is 0 Å². The fourth-order valence-corrected chi connectivity index (χ4v) is 1.51. The summed E-state index contributed by atoms with van der Waals surface area (Å²) in [6, 6.07) is 0. The van der Waals surface area contributed by atoms with E-state index in [1.165, 1.54) is 0 Å². The molecule has 66 valence electrons. The number of rotatable bonds is 7. The van der Waals surface area contributed by atoms with Gasteiger partial charge in [-0.15, -0.1) is 0 Å². The van der Waals surface area contributed by atoms with Crippen LogP contribution in [-0.2, 0) is 9.05 Å². The van der Waals surface area contributed by atoms with Crippen LogP contribution in [0.1, 0.15) is 26.7 Å². The van der Waals surface area contributed by atoms with Crippen molar-refractivity contribution in [1.29, 1.82) is 0 Å². The van der Waals surface area contributed by atoms with E-state index in [0.717, 1.165) is 26.1 Å². The first-order valence-corrected chi connectivity index (χ1v) is 5.42. The summed E-state index contributed by atoms with van der Waals surface area (Å²) in [7, 11) is 0.940. The van der Waals surface area contributed by atoms with Crippen LogP contribution in [0, 0.1) is 0 Å². The largest absolute Gasteiger partial charge is 0.340 e. The van der Waals surface area contributed by atoms with Crippen molar-refractivity contribution in [2.75, 3.05) is 13.2 Å². The van der Waals surface area contributed by atoms with Gasteiger partial charge in [-0.2, -0.15) is 4.52 Å². The van der Waals surface area contributed by atoms with Gasteiger partial charge in [-0.05, 0) is 12.8 Å². The molecule has 0 spiro atoms. The minimum atomic E-state index is 0.238. The molecule has 0 saturated heterocycles. The van der Waals surface area contributed by atoms with Crippen molar-refractivity contribution in [2.45, 2.75) is 26.7 Å². The van der Waals surface area contributed by atoms with E-state index in [-0.39, 0.29) is 8.96 Å². The molecule has 1 atom stereocenters. The van der Waals surface area contributed by atoms with Gasteiger partial charge in [0.1, 0.15) is 8.96 Å². The smallest absolute Gasteiger partial charge is 0.178 e. The second-order valence-corrected chi connectivity index (χ2v) is 3.65. The van der Waals surface area contributed by atoms with Crippen LogP contribution in [0.2, 0.25) is 0 Å². The molecule has 0 aliphatic heterocycles. The average Bonchev–Trinajstić information content (AvgIpc) is 2.03. The Morgan fingerprint density at radius 3 is 2.64 bits per heavy atom. The SMILES string of the molecule is CCCOP=NPOCCC. The van der Waals surface area contributed by atoms with Gasteiger partial charge >= 0.3 is 0 Å². The highest BCUT2D eigenvalue weighted by atomic mass is 31.1. The van der Waals surface area contributed by atoms with Crippen molar-refractivity contribution in [2.24, 2.45) is 4.52 Å². The van der Waals surface area contributed by atoms with Crippen LogP contribution in [0.25, 0.3) is 0 Å². The molecule has 0 aromatic rings. The fourth-order valence-electron chi connectivity index (χ4n) is 0.354. The van der Waals surface area contributed by atoms with Crippen molar-refractivity contribution in [3.63, 3.8) is 0 Å². The van der Waals surface area contributed by atoms with Crippen LogP contribution in [-0.4, -0.2) is 13.2 Å². The Balaban J connectivity index is 2.91. The van der Waals surface area contributed by atoms with E-state index >= 15 is 0 Å². The first-order valence-electron chi connectivity index (χ1n) is 3.80. The van der Waals surface area contributed by atoms with E-state index in [2.05, 4.69) is 18.4 Å². The highest BCUT2D eigenvalue weighted by Crippen LogP contribution is 2.20. The van der Waals surface area contributed by atoms with Crippen molar-refractivity contribution >= 4 is 17.6 Å². The maximum Gasteiger partial charge on any atom is 0.178 e. The van der Waals surface area contributed by atoms with E-state index in [0.29, 0.717) is 8.60 Å². The van der Waals surface area contributed by atoms with E-state index in [1.807, 2.05) is 0 Å². The van der Waals surface area contributed by atoms with Crippen LogP contribution in [0.3, 0.4) is 0 Å². The average molecular weight is 195 g/mol. The molecule has 0 fully saturated rings. The molecule has 0 radical (unpaired) electrons. The summed E-state index contributed by atoms with van der Waals surface area (Å²) in [6.45, 7) is 5.73. The lowest BCUT2D eigenvalue weighted by Gasteiger charge is -1.94. The summed E-state index contributed by atoms with van der Waals surface area (Å²) >= 11 is 0. The molecule has 0 bridgehead atoms. The number of nitrogens with zero attached hydrogens (tertiary/aromatic N) is 1. The molecule has 3 nitrogen and oxygen atoms in total. The molecule has 0 aromatic carbocycles. The maximum atomic E-state index is 5.14. The molecular weight excluding hydrogens is 180 g/mol. The lowest BCUT2D eigenvalue weighted by Crippen LogP contribution is -1.77. The van der Waals surface area contributed by atoms with Crippen molar-refractivity contribution < 1.29 is 9.05 Å². The third-order valence-electron chi connectivity index (χ3n) is 0.806. The van der Waals surface area contributed by atoms with E-state index in [4.69, 9.17) is 9.05 Å². The molecular formula is C6H15NO2P2. The molecule has 0 saturated carbocycles. The Labute approximate surface area is 71.8 Å². The van der Waals surface area contributed by atoms with E-state index in [9.17, 15) is 0 Å². The Kier molecular flexibility index (Phi) is 10.9. The second kappa shape index (κ2) is 10.4. The third-order valence-corrected chi connectivity index (χ3v) is 2.09. The summed E-state index contributed by atoms with van der Waals surface area (Å²) < 4.78 is 14.2. The van der Waals surface area contributed by atoms with Crippen LogP contribution in [0.4, 0.5) is 0 Å². The molecule has 0 aliphatic rings. The van der Waals surface area contributed by atoms with Crippen LogP contribution in [0.5, 0.6) is 0 Å². The molecule has 0 aliphatic carbocycles. The van der Waals surface area contributed by atoms with Gasteiger partial charge < -0.3 is 9.05 Å². The molecule has 0 amide bonds. The molecule has 0 heterocycles. The van der Waals surface area contributed by atoms with E-state index < -0.39 is 0 Å². The highest BCUT2D eigenvalue weighted by molar-refractivity contribution is 7.39. The Hall–Kier alpha value is 0.450. The predicted octanol–water partition coefficient (Wildman–Crippen LogP) is 3.39. The van der Waals surface area contributed by atoms with Crippen molar-refractivity contribution in [1.82, 2.24) is 0 Å². The molecule has 11 heavy (non-hydrogen) atoms. The monoisotopic (exact) mass is 195 g/mol. The van der Waals surface area contributed by atoms with Gasteiger partial charge in [0, 0.05) is 0 Å². The van der Waals surface area contributed by atoms with Gasteiger partial charge in [0.05, 0.1) is 13.2 Å². The maximum absolute atomic E-state index is 5.14. The first-order chi connectivity index (χ1) is 5.41. The molecule has 1 unspecified atom stereocenters. The lowest BCUT2D eigenvalue weighted by atomic mass is 10.5. The van der Waals surface area contributed by atoms with E-state index in [1.54, 1.807) is 0 Å². The molecule has 5 heteroatoms. The van der Waals surface area contributed by atoms with Crippen molar-refractivity contribution in [3.05, 3.63) is 0 Å². The van der Waals surface area contributed by atoms with Crippen molar-refractivity contribution in [3.8, 4) is 0 Å². The minimum absolute atomic E-state index is 0.238. The number of hydrogen-bond donors (Lipinski definition) is 0. The summed E-state index contributed by atoms with van der Waals surface area (Å²) in [5.74, 6) is 0. The molecule has 0 N–H and O–H groups in total. The lowest BCUT2D eigenvalue weighted by molar-refractivity contribution is 0.359. The standard InChI is InChI=1S/C6H15NO2P2/c1-3-5-8-10-7-11-9-6-4-2/h10H,3-6H2,1-2H3. The Morgan fingerprint density at radius 1 is 1.27 bits per heavy atom. The normalized spacial score (nSPS) is 12.2. The fraction of sp³-hybridized carbons (Fsp3) is 1.00. The predicted molar refractivity (Wildman–Crippen MR) is 50.1 cm³/mol. The minimum Gasteiger partial charge on any atom is -0.340 e. The second-order valence-electron chi connectivity index (χ2n) is 1.95. The summed E-state index contributed by atoms with van der Waals surface area (Å²) in [5.41, 5.74) is 0. The van der Waals surface area contributed by atoms with Crippen LogP contribution in [0.15, 0.2) is 4.52 Å². The van der Waals surface area contributed by atoms with Crippen LogP contribution >= 0.6 is 17.6 Å². The number of hydrogen-bond acceptors (Lipinski definition) is 3. The Bertz CT molecular complexity index is 101. The van der Waals surface area contributed by atoms with Crippen LogP contribution < -0.4 is 0 Å². The molecule has 0 aromatic heterocycles. The van der Waals surface area contributed by atoms with Gasteiger partial charge in [-0.1, -0.05) is 13.8 Å². The van der Waals surface area contributed by atoms with Gasteiger partial charge in [0.15, 0.2) is 8.60 Å². The molecule has 0 rings (SSSR count). The van der Waals surface area contributed by atoms with Gasteiger partial charge in [-0.3, -0.25) is 0 Å². The highest BCUT2D eigenvalue weighted by Gasteiger charge is 1.81. The third kappa shape index (κ3) is 10.4. The summed E-state index contributed by atoms with van der Waals surface area (Å²) in [4.78, 5) is 0. The van der Waals surface area contributed by atoms with Gasteiger partial charge in [-0.25, -0.2) is 0 Å². The first kappa shape index (κ1) is 11.4. The summed E-state index contributed by atoms with van der Waals surface area (Å²) in [6.07, 6.45) is 2.09. The zero-order valence-electron chi connectivity index (χ0n) is 7.04. The van der Waals surface area contributed by atoms with Gasteiger partial charge in [0.2, 0.25) is 0 Å². The zero-order valence-corrected chi connectivity index (χ0v) is 8.93. The Morgan fingerprint density at radius 2 is 2.00 bits per heavy atom. The quantitative estimate of drug-likeness (QED) is 0.460.